The summed E-state index contributed by atoms with van der Waals surface area (Å²) in [5.41, 5.74) is 1.73. The Morgan fingerprint density at radius 3 is 3.06 bits per heavy atom. The van der Waals surface area contributed by atoms with Crippen LogP contribution in [0, 0.1) is 0 Å². The second-order valence-electron chi connectivity index (χ2n) is 3.77. The molecule has 0 aliphatic carbocycles. The molecule has 0 spiro atoms. The van der Waals surface area contributed by atoms with Crippen molar-refractivity contribution in [2.45, 2.75) is 0 Å². The standard InChI is InChI=1S/C12H9N3O3/c1-15-7-13-9-6-8(2-3-10(9)15)17-12(16)11-4-5-14-18-11/h2-7H,1H3. The van der Waals surface area contributed by atoms with E-state index in [0.717, 1.165) is 11.0 Å². The first-order valence-electron chi connectivity index (χ1n) is 5.28. The average molecular weight is 243 g/mol. The van der Waals surface area contributed by atoms with Crippen LogP contribution in [0.5, 0.6) is 5.75 Å². The van der Waals surface area contributed by atoms with Crippen molar-refractivity contribution in [2.75, 3.05) is 0 Å². The van der Waals surface area contributed by atoms with Crippen molar-refractivity contribution in [2.24, 2.45) is 7.05 Å². The normalized spacial score (nSPS) is 10.7. The summed E-state index contributed by atoms with van der Waals surface area (Å²) in [5.74, 6) is -0.0958. The third kappa shape index (κ3) is 1.73. The molecule has 0 N–H and O–H groups in total. The van der Waals surface area contributed by atoms with Gasteiger partial charge in [0.05, 0.1) is 23.6 Å². The van der Waals surface area contributed by atoms with Crippen LogP contribution < -0.4 is 4.74 Å². The zero-order valence-electron chi connectivity index (χ0n) is 9.53. The first kappa shape index (κ1) is 10.5. The lowest BCUT2D eigenvalue weighted by Gasteiger charge is -2.01. The molecule has 2 aromatic heterocycles. The molecule has 0 atom stereocenters. The van der Waals surface area contributed by atoms with Crippen LogP contribution in [0.4, 0.5) is 0 Å². The van der Waals surface area contributed by atoms with E-state index >= 15 is 0 Å². The van der Waals surface area contributed by atoms with Crippen LogP contribution in [-0.2, 0) is 7.05 Å². The van der Waals surface area contributed by atoms with E-state index in [2.05, 4.69) is 10.1 Å². The molecule has 90 valence electrons. The van der Waals surface area contributed by atoms with Crippen LogP contribution in [-0.4, -0.2) is 20.7 Å². The molecule has 0 fully saturated rings. The predicted octanol–water partition coefficient (Wildman–Crippen LogP) is 1.78. The van der Waals surface area contributed by atoms with Gasteiger partial charge in [0.2, 0.25) is 5.76 Å². The van der Waals surface area contributed by atoms with Gasteiger partial charge in [0.15, 0.2) is 0 Å². The zero-order valence-corrected chi connectivity index (χ0v) is 9.53. The molecule has 0 amide bonds. The Hall–Kier alpha value is -2.63. The van der Waals surface area contributed by atoms with Crippen molar-refractivity contribution in [3.05, 3.63) is 42.5 Å². The number of ether oxygens (including phenoxy) is 1. The molecule has 0 saturated heterocycles. The number of fused-ring (bicyclic) bond motifs is 1. The second-order valence-corrected chi connectivity index (χ2v) is 3.77. The summed E-state index contributed by atoms with van der Waals surface area (Å²) in [6.07, 6.45) is 3.09. The highest BCUT2D eigenvalue weighted by Crippen LogP contribution is 2.20. The molecule has 6 heteroatoms. The maximum atomic E-state index is 11.6. The molecule has 6 nitrogen and oxygen atoms in total. The summed E-state index contributed by atoms with van der Waals surface area (Å²) >= 11 is 0. The van der Waals surface area contributed by atoms with Gasteiger partial charge in [-0.15, -0.1) is 0 Å². The van der Waals surface area contributed by atoms with Gasteiger partial charge in [-0.1, -0.05) is 5.16 Å². The molecule has 1 aromatic carbocycles. The van der Waals surface area contributed by atoms with Crippen molar-refractivity contribution in [3.63, 3.8) is 0 Å². The quantitative estimate of drug-likeness (QED) is 0.507. The second kappa shape index (κ2) is 3.99. The predicted molar refractivity (Wildman–Crippen MR) is 62.2 cm³/mol. The van der Waals surface area contributed by atoms with Crippen LogP contribution in [0.2, 0.25) is 0 Å². The molecule has 0 aliphatic heterocycles. The molecule has 0 aliphatic rings. The first-order valence-corrected chi connectivity index (χ1v) is 5.28. The summed E-state index contributed by atoms with van der Waals surface area (Å²) in [6, 6.07) is 6.69. The zero-order chi connectivity index (χ0) is 12.5. The Morgan fingerprint density at radius 1 is 1.39 bits per heavy atom. The Labute approximate surface area is 102 Å². The fraction of sp³-hybridized carbons (Fsp3) is 0.0833. The summed E-state index contributed by atoms with van der Waals surface area (Å²) < 4.78 is 11.8. The highest BCUT2D eigenvalue weighted by molar-refractivity contribution is 5.88. The summed E-state index contributed by atoms with van der Waals surface area (Å²) in [5, 5.41) is 3.45. The number of esters is 1. The smallest absolute Gasteiger partial charge is 0.382 e. The molecular weight excluding hydrogens is 234 g/mol. The Morgan fingerprint density at radius 2 is 2.28 bits per heavy atom. The van der Waals surface area contributed by atoms with Crippen molar-refractivity contribution in [3.8, 4) is 5.75 Å². The minimum Gasteiger partial charge on any atom is -0.421 e. The van der Waals surface area contributed by atoms with Gasteiger partial charge in [-0.05, 0) is 12.1 Å². The Bertz CT molecular complexity index is 701. The van der Waals surface area contributed by atoms with Gasteiger partial charge in [0.25, 0.3) is 0 Å². The maximum absolute atomic E-state index is 11.6. The van der Waals surface area contributed by atoms with Crippen molar-refractivity contribution in [1.82, 2.24) is 14.7 Å². The average Bonchev–Trinajstić information content (AvgIpc) is 2.99. The van der Waals surface area contributed by atoms with Crippen molar-refractivity contribution < 1.29 is 14.1 Å². The van der Waals surface area contributed by atoms with Gasteiger partial charge in [-0.3, -0.25) is 0 Å². The number of hydrogen-bond donors (Lipinski definition) is 0. The fourth-order valence-corrected chi connectivity index (χ4v) is 1.66. The van der Waals surface area contributed by atoms with Gasteiger partial charge in [-0.25, -0.2) is 9.78 Å². The van der Waals surface area contributed by atoms with E-state index < -0.39 is 5.97 Å². The number of rotatable bonds is 2. The van der Waals surface area contributed by atoms with E-state index in [1.54, 1.807) is 18.5 Å². The molecule has 0 bridgehead atoms. The lowest BCUT2D eigenvalue weighted by molar-refractivity contribution is 0.0691. The topological polar surface area (TPSA) is 70.2 Å². The molecular formula is C12H9N3O3. The van der Waals surface area contributed by atoms with E-state index in [0.29, 0.717) is 5.75 Å². The molecule has 0 saturated carbocycles. The van der Waals surface area contributed by atoms with Crippen molar-refractivity contribution in [1.29, 1.82) is 0 Å². The van der Waals surface area contributed by atoms with Crippen LogP contribution in [0.3, 0.4) is 0 Å². The summed E-state index contributed by atoms with van der Waals surface area (Å²) in [4.78, 5) is 15.8. The van der Waals surface area contributed by atoms with Crippen LogP contribution in [0.1, 0.15) is 10.6 Å². The Balaban J connectivity index is 1.89. The fourth-order valence-electron chi connectivity index (χ4n) is 1.66. The Kier molecular flexibility index (Phi) is 2.33. The monoisotopic (exact) mass is 243 g/mol. The maximum Gasteiger partial charge on any atom is 0.382 e. The van der Waals surface area contributed by atoms with Gasteiger partial charge >= 0.3 is 5.97 Å². The largest absolute Gasteiger partial charge is 0.421 e. The highest BCUT2D eigenvalue weighted by atomic mass is 16.6. The molecule has 0 radical (unpaired) electrons. The van der Waals surface area contributed by atoms with Gasteiger partial charge in [-0.2, -0.15) is 0 Å². The molecule has 0 unspecified atom stereocenters. The van der Waals surface area contributed by atoms with Crippen LogP contribution in [0.15, 0.2) is 41.3 Å². The number of imidazole rings is 1. The van der Waals surface area contributed by atoms with Gasteiger partial charge in [0.1, 0.15) is 5.75 Å². The molecule has 3 rings (SSSR count). The van der Waals surface area contributed by atoms with Crippen molar-refractivity contribution >= 4 is 17.0 Å². The van der Waals surface area contributed by atoms with E-state index in [4.69, 9.17) is 9.26 Å². The molecule has 3 aromatic rings. The minimum absolute atomic E-state index is 0.0658. The minimum atomic E-state index is -0.581. The number of aryl methyl sites for hydroxylation is 1. The van der Waals surface area contributed by atoms with Gasteiger partial charge in [0, 0.05) is 19.2 Å². The lowest BCUT2D eigenvalue weighted by Crippen LogP contribution is -2.07. The highest BCUT2D eigenvalue weighted by Gasteiger charge is 2.13. The number of aromatic nitrogens is 3. The van der Waals surface area contributed by atoms with E-state index in [1.165, 1.54) is 12.3 Å². The van der Waals surface area contributed by atoms with E-state index in [9.17, 15) is 4.79 Å². The number of hydrogen-bond acceptors (Lipinski definition) is 5. The van der Waals surface area contributed by atoms with Crippen LogP contribution >= 0.6 is 0 Å². The van der Waals surface area contributed by atoms with E-state index in [1.807, 2.05) is 17.7 Å². The molecule has 18 heavy (non-hydrogen) atoms. The number of benzene rings is 1. The number of carbonyl (C=O) groups is 1. The third-order valence-corrected chi connectivity index (χ3v) is 2.55. The number of carbonyl (C=O) groups excluding carboxylic acids is 1. The van der Waals surface area contributed by atoms with Crippen LogP contribution in [0.25, 0.3) is 11.0 Å². The third-order valence-electron chi connectivity index (χ3n) is 2.55. The summed E-state index contributed by atoms with van der Waals surface area (Å²) in [6.45, 7) is 0. The first-order chi connectivity index (χ1) is 8.74. The number of nitrogens with zero attached hydrogens (tertiary/aromatic N) is 3. The van der Waals surface area contributed by atoms with Gasteiger partial charge < -0.3 is 13.8 Å². The SMILES string of the molecule is Cn1cnc2cc(OC(=O)c3ccno3)ccc21. The summed E-state index contributed by atoms with van der Waals surface area (Å²) in [7, 11) is 1.90. The lowest BCUT2D eigenvalue weighted by atomic mass is 10.3. The molecule has 2 heterocycles. The van der Waals surface area contributed by atoms with E-state index in [-0.39, 0.29) is 5.76 Å².